The van der Waals surface area contributed by atoms with Crippen molar-refractivity contribution in [2.45, 2.75) is 6.92 Å². The first-order valence-electron chi connectivity index (χ1n) is 6.15. The van der Waals surface area contributed by atoms with E-state index >= 15 is 0 Å². The number of benzene rings is 2. The van der Waals surface area contributed by atoms with Gasteiger partial charge in [0.05, 0.1) is 9.95 Å². The lowest BCUT2D eigenvalue weighted by Crippen LogP contribution is -2.19. The van der Waals surface area contributed by atoms with E-state index in [0.29, 0.717) is 16.9 Å². The highest BCUT2D eigenvalue weighted by atomic mass is 35.5. The molecule has 5 nitrogen and oxygen atoms in total. The van der Waals surface area contributed by atoms with Crippen molar-refractivity contribution in [3.05, 3.63) is 62.9 Å². The van der Waals surface area contributed by atoms with E-state index in [1.165, 1.54) is 30.3 Å². The van der Waals surface area contributed by atoms with Gasteiger partial charge in [0.15, 0.2) is 5.11 Å². The number of thiocarbonyl (C=S) groups is 1. The van der Waals surface area contributed by atoms with Crippen molar-refractivity contribution >= 4 is 46.0 Å². The van der Waals surface area contributed by atoms with Crippen LogP contribution in [0.15, 0.2) is 36.4 Å². The standard InChI is InChI=1S/C14H11ClFN3O2S/c1-8-6-10(19(20)21)3-5-13(8)18-14(22)17-9-2-4-12(16)11(15)7-9/h2-7H,1H3,(H2,17,18,22). The predicted molar refractivity (Wildman–Crippen MR) is 89.1 cm³/mol. The largest absolute Gasteiger partial charge is 0.332 e. The molecule has 8 heteroatoms. The number of hydrogen-bond donors (Lipinski definition) is 2. The highest BCUT2D eigenvalue weighted by molar-refractivity contribution is 7.80. The summed E-state index contributed by atoms with van der Waals surface area (Å²) in [4.78, 5) is 10.2. The number of anilines is 2. The minimum absolute atomic E-state index is 0.00671. The van der Waals surface area contributed by atoms with Crippen LogP contribution in [0.2, 0.25) is 5.02 Å². The van der Waals surface area contributed by atoms with Crippen LogP contribution in [0.1, 0.15) is 5.56 Å². The minimum atomic E-state index is -0.516. The van der Waals surface area contributed by atoms with Crippen LogP contribution in [0.3, 0.4) is 0 Å². The van der Waals surface area contributed by atoms with Crippen molar-refractivity contribution < 1.29 is 9.31 Å². The molecular formula is C14H11ClFN3O2S. The molecule has 0 heterocycles. The number of nitro benzene ring substituents is 1. The summed E-state index contributed by atoms with van der Waals surface area (Å²) in [6, 6.07) is 8.53. The Labute approximate surface area is 136 Å². The molecule has 22 heavy (non-hydrogen) atoms. The lowest BCUT2D eigenvalue weighted by atomic mass is 10.2. The third-order valence-electron chi connectivity index (χ3n) is 2.85. The molecular weight excluding hydrogens is 329 g/mol. The molecule has 0 atom stereocenters. The van der Waals surface area contributed by atoms with Crippen molar-refractivity contribution in [2.24, 2.45) is 0 Å². The van der Waals surface area contributed by atoms with Crippen molar-refractivity contribution in [3.8, 4) is 0 Å². The number of halogens is 2. The molecule has 0 aliphatic heterocycles. The maximum Gasteiger partial charge on any atom is 0.269 e. The third kappa shape index (κ3) is 3.90. The monoisotopic (exact) mass is 339 g/mol. The number of non-ortho nitro benzene ring substituents is 1. The first-order valence-corrected chi connectivity index (χ1v) is 6.93. The Morgan fingerprint density at radius 2 is 2.00 bits per heavy atom. The molecule has 0 aliphatic rings. The van der Waals surface area contributed by atoms with Crippen LogP contribution in [-0.2, 0) is 0 Å². The van der Waals surface area contributed by atoms with E-state index < -0.39 is 10.7 Å². The lowest BCUT2D eigenvalue weighted by Gasteiger charge is -2.12. The van der Waals surface area contributed by atoms with Gasteiger partial charge in [0, 0.05) is 23.5 Å². The fraction of sp³-hybridized carbons (Fsp3) is 0.0714. The molecule has 0 aliphatic carbocycles. The molecule has 0 unspecified atom stereocenters. The second kappa shape index (κ2) is 6.67. The summed E-state index contributed by atoms with van der Waals surface area (Å²) in [6.07, 6.45) is 0. The number of nitro groups is 1. The van der Waals surface area contributed by atoms with E-state index in [9.17, 15) is 14.5 Å². The Balaban J connectivity index is 2.08. The van der Waals surface area contributed by atoms with E-state index in [0.717, 1.165) is 0 Å². The van der Waals surface area contributed by atoms with Gasteiger partial charge in [-0.3, -0.25) is 10.1 Å². The van der Waals surface area contributed by atoms with Gasteiger partial charge in [-0.1, -0.05) is 11.6 Å². The smallest absolute Gasteiger partial charge is 0.269 e. The van der Waals surface area contributed by atoms with Gasteiger partial charge in [0.25, 0.3) is 5.69 Å². The highest BCUT2D eigenvalue weighted by Crippen LogP contribution is 2.22. The average molecular weight is 340 g/mol. The van der Waals surface area contributed by atoms with Crippen LogP contribution in [0.4, 0.5) is 21.5 Å². The summed E-state index contributed by atoms with van der Waals surface area (Å²) in [6.45, 7) is 1.73. The Morgan fingerprint density at radius 1 is 1.27 bits per heavy atom. The summed E-state index contributed by atoms with van der Waals surface area (Å²) in [5, 5.41) is 16.7. The van der Waals surface area contributed by atoms with Crippen molar-refractivity contribution in [2.75, 3.05) is 10.6 Å². The Bertz CT molecular complexity index is 755. The molecule has 2 N–H and O–H groups in total. The van der Waals surface area contributed by atoms with Crippen molar-refractivity contribution in [3.63, 3.8) is 0 Å². The number of rotatable bonds is 3. The van der Waals surface area contributed by atoms with Crippen LogP contribution in [0.5, 0.6) is 0 Å². The van der Waals surface area contributed by atoms with Crippen LogP contribution >= 0.6 is 23.8 Å². The molecule has 0 aromatic heterocycles. The summed E-state index contributed by atoms with van der Waals surface area (Å²) in [7, 11) is 0. The zero-order valence-electron chi connectivity index (χ0n) is 11.4. The Kier molecular flexibility index (Phi) is 4.89. The topological polar surface area (TPSA) is 67.2 Å². The summed E-state index contributed by atoms with van der Waals surface area (Å²) >= 11 is 10.8. The Hall–Kier alpha value is -2.25. The van der Waals surface area contributed by atoms with Gasteiger partial charge in [-0.2, -0.15) is 0 Å². The first-order chi connectivity index (χ1) is 10.4. The normalized spacial score (nSPS) is 10.1. The molecule has 0 fully saturated rings. The molecule has 0 amide bonds. The molecule has 0 spiro atoms. The summed E-state index contributed by atoms with van der Waals surface area (Å²) in [5.74, 6) is -0.516. The zero-order chi connectivity index (χ0) is 16.3. The van der Waals surface area contributed by atoms with E-state index in [1.807, 2.05) is 0 Å². The van der Waals surface area contributed by atoms with Crippen LogP contribution in [-0.4, -0.2) is 10.0 Å². The number of nitrogens with one attached hydrogen (secondary N) is 2. The van der Waals surface area contributed by atoms with Gasteiger partial charge in [-0.15, -0.1) is 0 Å². The number of hydrogen-bond acceptors (Lipinski definition) is 3. The number of nitrogens with zero attached hydrogens (tertiary/aromatic N) is 1. The van der Waals surface area contributed by atoms with E-state index in [4.69, 9.17) is 23.8 Å². The second-order valence-electron chi connectivity index (χ2n) is 4.46. The Morgan fingerprint density at radius 3 is 2.59 bits per heavy atom. The van der Waals surface area contributed by atoms with E-state index in [1.54, 1.807) is 13.0 Å². The molecule has 0 bridgehead atoms. The fourth-order valence-corrected chi connectivity index (χ4v) is 2.17. The SMILES string of the molecule is Cc1cc([N+](=O)[O-])ccc1NC(=S)Nc1ccc(F)c(Cl)c1. The average Bonchev–Trinajstić information content (AvgIpc) is 2.45. The van der Waals surface area contributed by atoms with Crippen molar-refractivity contribution in [1.82, 2.24) is 0 Å². The molecule has 0 saturated carbocycles. The van der Waals surface area contributed by atoms with Crippen LogP contribution < -0.4 is 10.6 Å². The van der Waals surface area contributed by atoms with E-state index in [2.05, 4.69) is 10.6 Å². The van der Waals surface area contributed by atoms with Crippen molar-refractivity contribution in [1.29, 1.82) is 0 Å². The molecule has 2 aromatic rings. The minimum Gasteiger partial charge on any atom is -0.332 e. The fourth-order valence-electron chi connectivity index (χ4n) is 1.76. The van der Waals surface area contributed by atoms with Gasteiger partial charge >= 0.3 is 0 Å². The second-order valence-corrected chi connectivity index (χ2v) is 5.28. The third-order valence-corrected chi connectivity index (χ3v) is 3.34. The van der Waals surface area contributed by atoms with Gasteiger partial charge < -0.3 is 10.6 Å². The maximum absolute atomic E-state index is 13.1. The maximum atomic E-state index is 13.1. The molecule has 114 valence electrons. The predicted octanol–water partition coefficient (Wildman–Crippen LogP) is 4.50. The zero-order valence-corrected chi connectivity index (χ0v) is 13.0. The van der Waals surface area contributed by atoms with Gasteiger partial charge in [-0.05, 0) is 49.0 Å². The molecule has 2 rings (SSSR count). The van der Waals surface area contributed by atoms with Gasteiger partial charge in [0.1, 0.15) is 5.82 Å². The molecule has 0 saturated heterocycles. The van der Waals surface area contributed by atoms with Crippen LogP contribution in [0.25, 0.3) is 0 Å². The van der Waals surface area contributed by atoms with Gasteiger partial charge in [-0.25, -0.2) is 4.39 Å². The summed E-state index contributed by atoms with van der Waals surface area (Å²) in [5.41, 5.74) is 1.85. The quantitative estimate of drug-likeness (QED) is 0.489. The first kappa shape index (κ1) is 16.1. The van der Waals surface area contributed by atoms with Crippen LogP contribution in [0, 0.1) is 22.9 Å². The highest BCUT2D eigenvalue weighted by Gasteiger charge is 2.09. The lowest BCUT2D eigenvalue weighted by molar-refractivity contribution is -0.384. The molecule has 2 aromatic carbocycles. The van der Waals surface area contributed by atoms with Gasteiger partial charge in [0.2, 0.25) is 0 Å². The number of aryl methyl sites for hydroxylation is 1. The van der Waals surface area contributed by atoms with E-state index in [-0.39, 0.29) is 15.8 Å². The summed E-state index contributed by atoms with van der Waals surface area (Å²) < 4.78 is 13.1. The molecule has 0 radical (unpaired) electrons.